The third kappa shape index (κ3) is 3.74. The molecule has 2 aromatic carbocycles. The molecule has 0 spiro atoms. The van der Waals surface area contributed by atoms with Crippen molar-refractivity contribution in [2.45, 2.75) is 38.0 Å². The van der Waals surface area contributed by atoms with E-state index in [1.165, 1.54) is 28.0 Å². The van der Waals surface area contributed by atoms with Crippen molar-refractivity contribution in [3.8, 4) is 22.5 Å². The van der Waals surface area contributed by atoms with Crippen LogP contribution in [0.25, 0.3) is 15.3 Å². The van der Waals surface area contributed by atoms with Crippen molar-refractivity contribution < 1.29 is 24.1 Å². The first-order valence-electron chi connectivity index (χ1n) is 10.9. The lowest BCUT2D eigenvalue weighted by atomic mass is 9.84. The van der Waals surface area contributed by atoms with Gasteiger partial charge in [-0.3, -0.25) is 9.36 Å². The molecule has 1 aliphatic carbocycles. The van der Waals surface area contributed by atoms with Gasteiger partial charge in [-0.1, -0.05) is 30.6 Å². The van der Waals surface area contributed by atoms with Crippen LogP contribution in [-0.4, -0.2) is 32.7 Å². The zero-order valence-electron chi connectivity index (χ0n) is 18.0. The second-order valence-corrected chi connectivity index (χ2v) is 9.28. The highest BCUT2D eigenvalue weighted by molar-refractivity contribution is 7.20. The molecule has 6 nitrogen and oxygen atoms in total. The predicted molar refractivity (Wildman–Crippen MR) is 124 cm³/mol. The SMILES string of the molecule is COc1ccc(C(=O)c2c(O)c(O)n(-c3nc4ccc(F)cc4s3)c2C2CCCCC2)cc1. The summed E-state index contributed by atoms with van der Waals surface area (Å²) in [6.45, 7) is 0. The van der Waals surface area contributed by atoms with Crippen LogP contribution in [0.1, 0.15) is 59.6 Å². The number of methoxy groups -OCH3 is 1. The largest absolute Gasteiger partial charge is 0.503 e. The van der Waals surface area contributed by atoms with Gasteiger partial charge in [0.15, 0.2) is 16.7 Å². The molecule has 33 heavy (non-hydrogen) atoms. The Bertz CT molecular complexity index is 1340. The molecule has 0 aliphatic heterocycles. The summed E-state index contributed by atoms with van der Waals surface area (Å²) in [5, 5.41) is 22.3. The van der Waals surface area contributed by atoms with Crippen LogP contribution >= 0.6 is 11.3 Å². The maximum Gasteiger partial charge on any atom is 0.242 e. The molecule has 0 bridgehead atoms. The molecule has 2 heterocycles. The van der Waals surface area contributed by atoms with Gasteiger partial charge in [-0.05, 0) is 55.3 Å². The Balaban J connectivity index is 1.70. The summed E-state index contributed by atoms with van der Waals surface area (Å²) in [7, 11) is 1.55. The Morgan fingerprint density at radius 1 is 1.12 bits per heavy atom. The first kappa shape index (κ1) is 21.5. The monoisotopic (exact) mass is 466 g/mol. The number of hydrogen-bond donors (Lipinski definition) is 2. The second-order valence-electron chi connectivity index (χ2n) is 8.27. The van der Waals surface area contributed by atoms with Crippen molar-refractivity contribution in [1.82, 2.24) is 9.55 Å². The van der Waals surface area contributed by atoms with Crippen molar-refractivity contribution >= 4 is 27.3 Å². The number of carbonyl (C=O) groups is 1. The summed E-state index contributed by atoms with van der Waals surface area (Å²) in [5.41, 5.74) is 1.62. The van der Waals surface area contributed by atoms with Crippen LogP contribution in [0.4, 0.5) is 4.39 Å². The van der Waals surface area contributed by atoms with Gasteiger partial charge < -0.3 is 14.9 Å². The van der Waals surface area contributed by atoms with Crippen LogP contribution in [0.5, 0.6) is 17.4 Å². The lowest BCUT2D eigenvalue weighted by molar-refractivity contribution is 0.103. The van der Waals surface area contributed by atoms with Gasteiger partial charge in [0.25, 0.3) is 0 Å². The third-order valence-corrected chi connectivity index (χ3v) is 7.26. The van der Waals surface area contributed by atoms with Crippen molar-refractivity contribution in [1.29, 1.82) is 0 Å². The van der Waals surface area contributed by atoms with E-state index >= 15 is 0 Å². The zero-order valence-corrected chi connectivity index (χ0v) is 18.9. The number of thiazole rings is 1. The molecular weight excluding hydrogens is 443 g/mol. The van der Waals surface area contributed by atoms with Crippen LogP contribution in [0.15, 0.2) is 42.5 Å². The highest BCUT2D eigenvalue weighted by Crippen LogP contribution is 2.47. The Morgan fingerprint density at radius 3 is 2.55 bits per heavy atom. The number of carbonyl (C=O) groups excluding carboxylic acids is 1. The standard InChI is InChI=1S/C25H23FN2O4S/c1-32-17-10-7-15(8-11-17)22(29)20-21(14-5-3-2-4-6-14)28(24(31)23(20)30)25-27-18-12-9-16(26)13-19(18)33-25/h7-14,30-31H,2-6H2,1H3. The lowest BCUT2D eigenvalue weighted by Crippen LogP contribution is -2.14. The quantitative estimate of drug-likeness (QED) is 0.357. The van der Waals surface area contributed by atoms with Crippen molar-refractivity contribution in [2.24, 2.45) is 0 Å². The number of hydrogen-bond acceptors (Lipinski definition) is 6. The molecule has 170 valence electrons. The van der Waals surface area contributed by atoms with Crippen LogP contribution in [-0.2, 0) is 0 Å². The number of rotatable bonds is 5. The number of nitrogens with zero attached hydrogens (tertiary/aromatic N) is 2. The average molecular weight is 467 g/mol. The molecule has 0 radical (unpaired) electrons. The Morgan fingerprint density at radius 2 is 1.85 bits per heavy atom. The number of aromatic hydroxyl groups is 2. The van der Waals surface area contributed by atoms with E-state index in [1.54, 1.807) is 37.4 Å². The number of benzene rings is 2. The molecule has 0 saturated heterocycles. The van der Waals surface area contributed by atoms with E-state index in [2.05, 4.69) is 4.98 Å². The van der Waals surface area contributed by atoms with Crippen molar-refractivity contribution in [3.63, 3.8) is 0 Å². The fraction of sp³-hybridized carbons (Fsp3) is 0.280. The topological polar surface area (TPSA) is 84.6 Å². The maximum absolute atomic E-state index is 13.7. The Hall–Kier alpha value is -3.39. The second kappa shape index (κ2) is 8.51. The van der Waals surface area contributed by atoms with Gasteiger partial charge in [0.1, 0.15) is 11.6 Å². The van der Waals surface area contributed by atoms with Crippen LogP contribution in [0, 0.1) is 5.82 Å². The van der Waals surface area contributed by atoms with Gasteiger partial charge in [0, 0.05) is 17.2 Å². The molecule has 2 aromatic heterocycles. The van der Waals surface area contributed by atoms with E-state index in [4.69, 9.17) is 4.74 Å². The van der Waals surface area contributed by atoms with Crippen molar-refractivity contribution in [3.05, 3.63) is 65.1 Å². The van der Waals surface area contributed by atoms with Gasteiger partial charge in [-0.15, -0.1) is 0 Å². The van der Waals surface area contributed by atoms with Crippen LogP contribution < -0.4 is 4.74 Å². The summed E-state index contributed by atoms with van der Waals surface area (Å²) in [6, 6.07) is 10.9. The molecule has 0 amide bonds. The summed E-state index contributed by atoms with van der Waals surface area (Å²) >= 11 is 1.20. The molecule has 1 saturated carbocycles. The molecule has 4 aromatic rings. The maximum atomic E-state index is 13.7. The Labute approximate surface area is 193 Å². The summed E-state index contributed by atoms with van der Waals surface area (Å²) in [6.07, 6.45) is 4.78. The summed E-state index contributed by atoms with van der Waals surface area (Å²) in [4.78, 5) is 18.1. The van der Waals surface area contributed by atoms with Crippen LogP contribution in [0.3, 0.4) is 0 Å². The minimum absolute atomic E-state index is 0.0218. The molecule has 5 rings (SSSR count). The number of halogens is 1. The van der Waals surface area contributed by atoms with Gasteiger partial charge >= 0.3 is 0 Å². The third-order valence-electron chi connectivity index (χ3n) is 6.26. The molecule has 0 unspecified atom stereocenters. The minimum Gasteiger partial charge on any atom is -0.503 e. The zero-order chi connectivity index (χ0) is 23.1. The first-order chi connectivity index (χ1) is 16.0. The summed E-state index contributed by atoms with van der Waals surface area (Å²) < 4.78 is 21.0. The molecule has 2 N–H and O–H groups in total. The fourth-order valence-corrected chi connectivity index (χ4v) is 5.62. The van der Waals surface area contributed by atoms with Crippen molar-refractivity contribution in [2.75, 3.05) is 7.11 Å². The van der Waals surface area contributed by atoms with E-state index in [-0.39, 0.29) is 23.1 Å². The Kier molecular flexibility index (Phi) is 5.54. The molecule has 8 heteroatoms. The first-order valence-corrected chi connectivity index (χ1v) is 11.7. The molecular formula is C25H23FN2O4S. The van der Waals surface area contributed by atoms with Crippen LogP contribution in [0.2, 0.25) is 0 Å². The molecule has 0 atom stereocenters. The van der Waals surface area contributed by atoms with E-state index in [1.807, 2.05) is 0 Å². The van der Waals surface area contributed by atoms with Gasteiger partial charge in [-0.2, -0.15) is 0 Å². The highest BCUT2D eigenvalue weighted by Gasteiger charge is 2.34. The van der Waals surface area contributed by atoms with Gasteiger partial charge in [-0.25, -0.2) is 9.37 Å². The highest BCUT2D eigenvalue weighted by atomic mass is 32.1. The smallest absolute Gasteiger partial charge is 0.242 e. The lowest BCUT2D eigenvalue weighted by Gasteiger charge is -2.24. The van der Waals surface area contributed by atoms with Gasteiger partial charge in [0.05, 0.1) is 22.9 Å². The van der Waals surface area contributed by atoms with Gasteiger partial charge in [0.2, 0.25) is 5.88 Å². The molecule has 1 fully saturated rings. The number of aromatic nitrogens is 2. The number of ketones is 1. The van der Waals surface area contributed by atoms with E-state index < -0.39 is 11.6 Å². The molecule has 1 aliphatic rings. The minimum atomic E-state index is -0.457. The van der Waals surface area contributed by atoms with E-state index in [0.717, 1.165) is 32.1 Å². The normalized spacial score (nSPS) is 14.6. The average Bonchev–Trinajstić information content (AvgIpc) is 3.37. The number of fused-ring (bicyclic) bond motifs is 1. The predicted octanol–water partition coefficient (Wildman–Crippen LogP) is 5.92. The van der Waals surface area contributed by atoms with E-state index in [0.29, 0.717) is 32.4 Å². The summed E-state index contributed by atoms with van der Waals surface area (Å²) in [5.74, 6) is -1.04. The fourth-order valence-electron chi connectivity index (χ4n) is 4.61. The number of ether oxygens (including phenoxy) is 1. The van der Waals surface area contributed by atoms with E-state index in [9.17, 15) is 19.4 Å².